The molecule has 1 aromatic carbocycles. The van der Waals surface area contributed by atoms with Gasteiger partial charge in [0, 0.05) is 17.3 Å². The van der Waals surface area contributed by atoms with Crippen molar-refractivity contribution >= 4 is 22.5 Å². The summed E-state index contributed by atoms with van der Waals surface area (Å²) in [4.78, 5) is 12.0. The van der Waals surface area contributed by atoms with Crippen LogP contribution in [0.25, 0.3) is 10.8 Å². The zero-order valence-electron chi connectivity index (χ0n) is 13.0. The lowest BCUT2D eigenvalue weighted by Gasteiger charge is -2.16. The van der Waals surface area contributed by atoms with Gasteiger partial charge in [0.15, 0.2) is 5.82 Å². The molecule has 112 valence electrons. The number of hydrogen-bond acceptors (Lipinski definition) is 4. The van der Waals surface area contributed by atoms with Gasteiger partial charge in [0.25, 0.3) is 0 Å². The van der Waals surface area contributed by atoms with Gasteiger partial charge in [-0.25, -0.2) is 0 Å². The molecule has 0 aliphatic heterocycles. The Balaban J connectivity index is 2.16. The minimum atomic E-state index is -0.357. The number of aromatic nitrogens is 2. The number of rotatable bonds is 5. The molecule has 5 nitrogen and oxygen atoms in total. The van der Waals surface area contributed by atoms with E-state index in [0.717, 1.165) is 16.5 Å². The molecule has 0 spiro atoms. The van der Waals surface area contributed by atoms with Crippen molar-refractivity contribution in [2.75, 3.05) is 11.9 Å². The second kappa shape index (κ2) is 6.52. The molecule has 0 fully saturated rings. The monoisotopic (exact) mass is 286 g/mol. The zero-order valence-corrected chi connectivity index (χ0v) is 13.0. The fourth-order valence-corrected chi connectivity index (χ4v) is 2.07. The average molecular weight is 286 g/mol. The first-order chi connectivity index (χ1) is 9.99. The first-order valence-electron chi connectivity index (χ1n) is 7.25. The van der Waals surface area contributed by atoms with E-state index < -0.39 is 0 Å². The highest BCUT2D eigenvalue weighted by atomic mass is 16.2. The largest absolute Gasteiger partial charge is 0.357 e. The molecule has 2 N–H and O–H groups in total. The summed E-state index contributed by atoms with van der Waals surface area (Å²) in [7, 11) is 0. The summed E-state index contributed by atoms with van der Waals surface area (Å²) in [6, 6.07) is 7.56. The van der Waals surface area contributed by atoms with Gasteiger partial charge in [-0.2, -0.15) is 5.10 Å². The fraction of sp³-hybridized carbons (Fsp3) is 0.438. The van der Waals surface area contributed by atoms with Gasteiger partial charge >= 0.3 is 0 Å². The maximum absolute atomic E-state index is 12.0. The Morgan fingerprint density at radius 2 is 1.81 bits per heavy atom. The van der Waals surface area contributed by atoms with Gasteiger partial charge in [-0.15, -0.1) is 5.10 Å². The summed E-state index contributed by atoms with van der Waals surface area (Å²) in [5, 5.41) is 16.4. The van der Waals surface area contributed by atoms with Gasteiger partial charge in [0.1, 0.15) is 6.04 Å². The third kappa shape index (κ3) is 3.68. The molecule has 1 amide bonds. The van der Waals surface area contributed by atoms with Crippen molar-refractivity contribution in [3.8, 4) is 0 Å². The Labute approximate surface area is 125 Å². The number of anilines is 1. The quantitative estimate of drug-likeness (QED) is 0.886. The van der Waals surface area contributed by atoms with Crippen LogP contribution in [0.5, 0.6) is 0 Å². The first kappa shape index (κ1) is 15.2. The van der Waals surface area contributed by atoms with Crippen molar-refractivity contribution in [2.45, 2.75) is 33.7 Å². The van der Waals surface area contributed by atoms with E-state index in [1.165, 1.54) is 0 Å². The maximum atomic E-state index is 12.0. The lowest BCUT2D eigenvalue weighted by Crippen LogP contribution is -2.39. The van der Waals surface area contributed by atoms with Crippen molar-refractivity contribution in [2.24, 2.45) is 5.92 Å². The zero-order chi connectivity index (χ0) is 15.4. The highest BCUT2D eigenvalue weighted by molar-refractivity contribution is 5.94. The van der Waals surface area contributed by atoms with Crippen LogP contribution in [0.15, 0.2) is 24.3 Å². The Morgan fingerprint density at radius 3 is 2.48 bits per heavy atom. The number of nitrogens with zero attached hydrogens (tertiary/aromatic N) is 2. The van der Waals surface area contributed by atoms with Crippen molar-refractivity contribution in [1.29, 1.82) is 0 Å². The third-order valence-corrected chi connectivity index (χ3v) is 3.30. The lowest BCUT2D eigenvalue weighted by molar-refractivity contribution is -0.121. The smallest absolute Gasteiger partial charge is 0.242 e. The minimum Gasteiger partial charge on any atom is -0.357 e. The van der Waals surface area contributed by atoms with Crippen LogP contribution in [-0.4, -0.2) is 28.7 Å². The Kier molecular flexibility index (Phi) is 4.73. The average Bonchev–Trinajstić information content (AvgIpc) is 2.47. The molecule has 2 rings (SSSR count). The van der Waals surface area contributed by atoms with Gasteiger partial charge in [0.2, 0.25) is 5.91 Å². The van der Waals surface area contributed by atoms with Crippen molar-refractivity contribution in [3.63, 3.8) is 0 Å². The summed E-state index contributed by atoms with van der Waals surface area (Å²) in [5.41, 5.74) is 0.882. The standard InChI is InChI=1S/C16H22N4O/c1-10(2)9-17-16(21)12(4)18-15-14-8-6-5-7-13(14)11(3)19-20-15/h5-8,10,12H,9H2,1-4H3,(H,17,21)(H,18,20). The number of carbonyl (C=O) groups excluding carboxylic acids is 1. The Hall–Kier alpha value is -2.17. The molecule has 21 heavy (non-hydrogen) atoms. The molecule has 0 saturated heterocycles. The van der Waals surface area contributed by atoms with Crippen LogP contribution in [0.3, 0.4) is 0 Å². The summed E-state index contributed by atoms with van der Waals surface area (Å²) >= 11 is 0. The molecule has 0 saturated carbocycles. The number of hydrogen-bond donors (Lipinski definition) is 2. The van der Waals surface area contributed by atoms with E-state index in [4.69, 9.17) is 0 Å². The van der Waals surface area contributed by atoms with Crippen molar-refractivity contribution in [3.05, 3.63) is 30.0 Å². The molecule has 0 aliphatic rings. The summed E-state index contributed by atoms with van der Waals surface area (Å²) < 4.78 is 0. The minimum absolute atomic E-state index is 0.0323. The van der Waals surface area contributed by atoms with Crippen molar-refractivity contribution < 1.29 is 4.79 Å². The normalized spacial score (nSPS) is 12.4. The Morgan fingerprint density at radius 1 is 1.14 bits per heavy atom. The second-order valence-corrected chi connectivity index (χ2v) is 5.68. The van der Waals surface area contributed by atoms with Gasteiger partial charge in [-0.1, -0.05) is 38.1 Å². The van der Waals surface area contributed by atoms with E-state index in [0.29, 0.717) is 18.3 Å². The Bertz CT molecular complexity index is 639. The predicted octanol–water partition coefficient (Wildman–Crippen LogP) is 2.51. The maximum Gasteiger partial charge on any atom is 0.242 e. The van der Waals surface area contributed by atoms with Crippen LogP contribution in [0.1, 0.15) is 26.5 Å². The van der Waals surface area contributed by atoms with E-state index in [1.807, 2.05) is 38.1 Å². The van der Waals surface area contributed by atoms with E-state index in [-0.39, 0.29) is 11.9 Å². The molecule has 0 bridgehead atoms. The van der Waals surface area contributed by atoms with Gasteiger partial charge in [-0.05, 0) is 19.8 Å². The summed E-state index contributed by atoms with van der Waals surface area (Å²) in [6.07, 6.45) is 0. The van der Waals surface area contributed by atoms with Crippen LogP contribution in [-0.2, 0) is 4.79 Å². The first-order valence-corrected chi connectivity index (χ1v) is 7.25. The number of amides is 1. The second-order valence-electron chi connectivity index (χ2n) is 5.68. The highest BCUT2D eigenvalue weighted by Crippen LogP contribution is 2.22. The molecule has 1 atom stereocenters. The summed E-state index contributed by atoms with van der Waals surface area (Å²) in [6.45, 7) is 8.56. The van der Waals surface area contributed by atoms with E-state index in [9.17, 15) is 4.79 Å². The van der Waals surface area contributed by atoms with Crippen LogP contribution in [0, 0.1) is 12.8 Å². The van der Waals surface area contributed by atoms with Crippen LogP contribution < -0.4 is 10.6 Å². The number of fused-ring (bicyclic) bond motifs is 1. The van der Waals surface area contributed by atoms with Crippen LogP contribution in [0.2, 0.25) is 0 Å². The molecular weight excluding hydrogens is 264 g/mol. The topological polar surface area (TPSA) is 66.9 Å². The van der Waals surface area contributed by atoms with Gasteiger partial charge in [-0.3, -0.25) is 4.79 Å². The lowest BCUT2D eigenvalue weighted by atomic mass is 10.1. The molecule has 0 radical (unpaired) electrons. The SMILES string of the molecule is Cc1nnc(NC(C)C(=O)NCC(C)C)c2ccccc12. The highest BCUT2D eigenvalue weighted by Gasteiger charge is 2.15. The molecule has 0 aliphatic carbocycles. The van der Waals surface area contributed by atoms with Crippen LogP contribution in [0.4, 0.5) is 5.82 Å². The molecule has 1 heterocycles. The van der Waals surface area contributed by atoms with Crippen LogP contribution >= 0.6 is 0 Å². The predicted molar refractivity (Wildman–Crippen MR) is 85.2 cm³/mol. The van der Waals surface area contributed by atoms with Gasteiger partial charge in [0.05, 0.1) is 5.69 Å². The van der Waals surface area contributed by atoms with Crippen molar-refractivity contribution in [1.82, 2.24) is 15.5 Å². The number of carbonyl (C=O) groups is 1. The van der Waals surface area contributed by atoms with E-state index in [1.54, 1.807) is 0 Å². The molecular formula is C16H22N4O. The van der Waals surface area contributed by atoms with E-state index in [2.05, 4.69) is 34.7 Å². The van der Waals surface area contributed by atoms with E-state index >= 15 is 0 Å². The number of benzene rings is 1. The number of nitrogens with one attached hydrogen (secondary N) is 2. The molecule has 2 aromatic rings. The fourth-order valence-electron chi connectivity index (χ4n) is 2.07. The summed E-state index contributed by atoms with van der Waals surface area (Å²) in [5.74, 6) is 1.04. The molecule has 5 heteroatoms. The third-order valence-electron chi connectivity index (χ3n) is 3.30. The number of aryl methyl sites for hydroxylation is 1. The molecule has 1 aromatic heterocycles. The van der Waals surface area contributed by atoms with Gasteiger partial charge < -0.3 is 10.6 Å². The molecule has 1 unspecified atom stereocenters.